The first-order valence-corrected chi connectivity index (χ1v) is 11.4. The fourth-order valence-electron chi connectivity index (χ4n) is 3.19. The predicted octanol–water partition coefficient (Wildman–Crippen LogP) is 1.72. The summed E-state index contributed by atoms with van der Waals surface area (Å²) >= 11 is 0. The summed E-state index contributed by atoms with van der Waals surface area (Å²) in [6.45, 7) is 5.63. The number of aromatic nitrogens is 3. The number of piperazine rings is 1. The van der Waals surface area contributed by atoms with E-state index in [-0.39, 0.29) is 4.90 Å². The van der Waals surface area contributed by atoms with E-state index in [0.29, 0.717) is 17.5 Å². The van der Waals surface area contributed by atoms with Crippen LogP contribution < -0.4 is 26.0 Å². The molecule has 0 bridgehead atoms. The molecule has 2 aromatic heterocycles. The molecule has 0 radical (unpaired) electrons. The number of nitrogens with zero attached hydrogens (tertiary/aromatic N) is 4. The van der Waals surface area contributed by atoms with E-state index in [1.807, 2.05) is 19.1 Å². The molecular formula is C20H24N8O2S. The Morgan fingerprint density at radius 2 is 1.84 bits per heavy atom. The molecule has 5 N–H and O–H groups in total. The molecule has 3 aromatic rings. The Balaban J connectivity index is 1.49. The lowest BCUT2D eigenvalue weighted by Gasteiger charge is -2.28. The lowest BCUT2D eigenvalue weighted by molar-refractivity contribution is 0.585. The number of nitrogens with two attached hydrogens (primary N) is 1. The highest BCUT2D eigenvalue weighted by atomic mass is 32.2. The van der Waals surface area contributed by atoms with Gasteiger partial charge in [-0.1, -0.05) is 6.07 Å². The third-order valence-electron chi connectivity index (χ3n) is 4.84. The van der Waals surface area contributed by atoms with Crippen LogP contribution >= 0.6 is 0 Å². The maximum absolute atomic E-state index is 11.6. The molecule has 1 fully saturated rings. The normalized spacial score (nSPS) is 14.3. The minimum absolute atomic E-state index is 0.0261. The number of nitrogens with one attached hydrogen (secondary N) is 3. The predicted molar refractivity (Wildman–Crippen MR) is 120 cm³/mol. The second-order valence-corrected chi connectivity index (χ2v) is 8.75. The van der Waals surface area contributed by atoms with E-state index in [0.717, 1.165) is 43.2 Å². The quantitative estimate of drug-likeness (QED) is 0.451. The summed E-state index contributed by atoms with van der Waals surface area (Å²) in [6.07, 6.45) is 3.44. The van der Waals surface area contributed by atoms with E-state index in [4.69, 9.17) is 5.14 Å². The molecule has 0 unspecified atom stereocenters. The monoisotopic (exact) mass is 440 g/mol. The minimum atomic E-state index is -3.79. The molecule has 10 nitrogen and oxygen atoms in total. The van der Waals surface area contributed by atoms with Gasteiger partial charge >= 0.3 is 0 Å². The third-order valence-corrected chi connectivity index (χ3v) is 5.75. The number of sulfonamides is 1. The number of anilines is 5. The molecule has 31 heavy (non-hydrogen) atoms. The molecule has 1 saturated heterocycles. The van der Waals surface area contributed by atoms with Gasteiger partial charge in [-0.3, -0.25) is 0 Å². The Labute approximate surface area is 181 Å². The van der Waals surface area contributed by atoms with Gasteiger partial charge in [0.25, 0.3) is 0 Å². The molecule has 1 aromatic carbocycles. The number of hydrogen-bond donors (Lipinski definition) is 4. The molecule has 0 spiro atoms. The van der Waals surface area contributed by atoms with E-state index in [2.05, 4.69) is 35.8 Å². The highest BCUT2D eigenvalue weighted by molar-refractivity contribution is 7.89. The molecular weight excluding hydrogens is 416 g/mol. The fraction of sp³-hybridized carbons (Fsp3) is 0.250. The van der Waals surface area contributed by atoms with Crippen LogP contribution in [0.1, 0.15) is 5.56 Å². The Bertz CT molecular complexity index is 1160. The van der Waals surface area contributed by atoms with Crippen LogP contribution in [-0.2, 0) is 10.0 Å². The largest absolute Gasteiger partial charge is 0.354 e. The summed E-state index contributed by atoms with van der Waals surface area (Å²) in [7, 11) is -3.79. The van der Waals surface area contributed by atoms with Crippen molar-refractivity contribution in [3.05, 3.63) is 54.4 Å². The summed E-state index contributed by atoms with van der Waals surface area (Å²) in [5.74, 6) is 1.89. The van der Waals surface area contributed by atoms with Gasteiger partial charge in [0.15, 0.2) is 0 Å². The lowest BCUT2D eigenvalue weighted by atomic mass is 10.3. The van der Waals surface area contributed by atoms with E-state index >= 15 is 0 Å². The van der Waals surface area contributed by atoms with Crippen molar-refractivity contribution >= 4 is 39.0 Å². The van der Waals surface area contributed by atoms with E-state index in [1.54, 1.807) is 24.5 Å². The van der Waals surface area contributed by atoms with Crippen molar-refractivity contribution in [3.8, 4) is 0 Å². The number of hydrogen-bond acceptors (Lipinski definition) is 9. The first-order valence-electron chi connectivity index (χ1n) is 9.81. The van der Waals surface area contributed by atoms with Crippen molar-refractivity contribution in [2.24, 2.45) is 5.14 Å². The molecule has 1 aliphatic heterocycles. The first-order chi connectivity index (χ1) is 14.9. The van der Waals surface area contributed by atoms with Crippen molar-refractivity contribution in [2.45, 2.75) is 11.8 Å². The Kier molecular flexibility index (Phi) is 5.98. The van der Waals surface area contributed by atoms with Crippen LogP contribution in [0.2, 0.25) is 0 Å². The van der Waals surface area contributed by atoms with Gasteiger partial charge in [0, 0.05) is 43.6 Å². The molecule has 162 valence electrons. The summed E-state index contributed by atoms with van der Waals surface area (Å²) in [5, 5.41) is 14.8. The van der Waals surface area contributed by atoms with Crippen molar-refractivity contribution in [1.82, 2.24) is 20.3 Å². The summed E-state index contributed by atoms with van der Waals surface area (Å²) < 4.78 is 23.2. The molecule has 11 heteroatoms. The van der Waals surface area contributed by atoms with Gasteiger partial charge in [0.1, 0.15) is 11.6 Å². The number of primary sulfonamides is 1. The minimum Gasteiger partial charge on any atom is -0.354 e. The zero-order valence-electron chi connectivity index (χ0n) is 17.0. The zero-order valence-corrected chi connectivity index (χ0v) is 17.9. The maximum Gasteiger partial charge on any atom is 0.238 e. The Morgan fingerprint density at radius 1 is 1.03 bits per heavy atom. The van der Waals surface area contributed by atoms with Crippen molar-refractivity contribution in [3.63, 3.8) is 0 Å². The number of rotatable bonds is 6. The summed E-state index contributed by atoms with van der Waals surface area (Å²) in [5.41, 5.74) is 2.13. The topological polar surface area (TPSA) is 138 Å². The van der Waals surface area contributed by atoms with E-state index < -0.39 is 10.0 Å². The summed E-state index contributed by atoms with van der Waals surface area (Å²) in [4.78, 5) is 15.6. The van der Waals surface area contributed by atoms with Gasteiger partial charge in [0.2, 0.25) is 16.0 Å². The zero-order chi connectivity index (χ0) is 21.8. The van der Waals surface area contributed by atoms with Crippen LogP contribution in [-0.4, -0.2) is 49.5 Å². The van der Waals surface area contributed by atoms with E-state index in [9.17, 15) is 8.42 Å². The molecule has 3 heterocycles. The van der Waals surface area contributed by atoms with Crippen LogP contribution in [0.4, 0.5) is 29.0 Å². The molecule has 4 rings (SSSR count). The van der Waals surface area contributed by atoms with Gasteiger partial charge in [-0.05, 0) is 37.3 Å². The second-order valence-electron chi connectivity index (χ2n) is 7.19. The lowest BCUT2D eigenvalue weighted by Crippen LogP contribution is -2.43. The summed E-state index contributed by atoms with van der Waals surface area (Å²) in [6, 6.07) is 10.2. The smallest absolute Gasteiger partial charge is 0.238 e. The Hall–Kier alpha value is -3.28. The van der Waals surface area contributed by atoms with E-state index in [1.165, 1.54) is 12.1 Å². The number of pyridine rings is 1. The number of benzene rings is 1. The fourth-order valence-corrected chi connectivity index (χ4v) is 3.75. The molecule has 0 amide bonds. The molecule has 1 aliphatic rings. The second kappa shape index (κ2) is 8.84. The highest BCUT2D eigenvalue weighted by Crippen LogP contribution is 2.23. The van der Waals surface area contributed by atoms with Gasteiger partial charge in [-0.25, -0.2) is 23.5 Å². The van der Waals surface area contributed by atoms with Gasteiger partial charge in [0.05, 0.1) is 16.8 Å². The van der Waals surface area contributed by atoms with Crippen LogP contribution in [0.15, 0.2) is 53.7 Å². The molecule has 0 atom stereocenters. The first kappa shape index (κ1) is 21.0. The van der Waals surface area contributed by atoms with Crippen molar-refractivity contribution in [1.29, 1.82) is 0 Å². The van der Waals surface area contributed by atoms with Crippen LogP contribution in [0.5, 0.6) is 0 Å². The highest BCUT2D eigenvalue weighted by Gasteiger charge is 2.12. The molecule has 0 aliphatic carbocycles. The number of aryl methyl sites for hydroxylation is 1. The van der Waals surface area contributed by atoms with Crippen LogP contribution in [0.3, 0.4) is 0 Å². The van der Waals surface area contributed by atoms with Crippen LogP contribution in [0.25, 0.3) is 0 Å². The van der Waals surface area contributed by atoms with Gasteiger partial charge in [-0.2, -0.15) is 4.98 Å². The Morgan fingerprint density at radius 3 is 2.55 bits per heavy atom. The SMILES string of the molecule is Cc1cnc(Nc2ccc(N3CCNCC3)nc2)nc1Nc1cccc(S(N)(=O)=O)c1. The van der Waals surface area contributed by atoms with Crippen molar-refractivity contribution in [2.75, 3.05) is 41.7 Å². The molecule has 0 saturated carbocycles. The van der Waals surface area contributed by atoms with Gasteiger partial charge in [-0.15, -0.1) is 0 Å². The third kappa shape index (κ3) is 5.26. The average molecular weight is 441 g/mol. The standard InChI is InChI=1S/C20H24N8O2S/c1-14-12-24-20(26-16-5-6-18(23-13-16)28-9-7-22-8-10-28)27-19(14)25-15-3-2-4-17(11-15)31(21,29)30/h2-6,11-13,22H,7-10H2,1H3,(H2,21,29,30)(H2,24,25,26,27). The van der Waals surface area contributed by atoms with Crippen LogP contribution in [0, 0.1) is 6.92 Å². The van der Waals surface area contributed by atoms with Crippen molar-refractivity contribution < 1.29 is 8.42 Å². The maximum atomic E-state index is 11.6. The van der Waals surface area contributed by atoms with Gasteiger partial charge < -0.3 is 20.9 Å². The average Bonchev–Trinajstić information content (AvgIpc) is 2.77.